The van der Waals surface area contributed by atoms with Crippen LogP contribution in [0.1, 0.15) is 17.0 Å². The second kappa shape index (κ2) is 11.1. The number of hydrogen-bond donors (Lipinski definition) is 1. The molecule has 0 spiro atoms. The van der Waals surface area contributed by atoms with Gasteiger partial charge in [-0.15, -0.1) is 10.2 Å². The number of aromatic nitrogens is 3. The average molecular weight is 488 g/mol. The number of methoxy groups -OCH3 is 1. The number of thioether (sulfide) groups is 1. The number of carbonyl (C=O) groups is 1. The van der Waals surface area contributed by atoms with E-state index in [1.807, 2.05) is 59.2 Å². The van der Waals surface area contributed by atoms with Crippen LogP contribution in [0, 0.1) is 13.8 Å². The minimum absolute atomic E-state index is 0.00938. The Labute approximate surface area is 210 Å². The van der Waals surface area contributed by atoms with Crippen LogP contribution < -0.4 is 15.0 Å². The van der Waals surface area contributed by atoms with Crippen molar-refractivity contribution in [1.29, 1.82) is 0 Å². The summed E-state index contributed by atoms with van der Waals surface area (Å²) in [5.74, 6) is 1.74. The Balaban J connectivity index is 1.59. The molecule has 1 heterocycles. The van der Waals surface area contributed by atoms with E-state index in [4.69, 9.17) is 4.74 Å². The molecular formula is C27H29N5O2S. The molecule has 0 aliphatic rings. The highest BCUT2D eigenvalue weighted by Crippen LogP contribution is 2.27. The molecule has 1 aromatic heterocycles. The number of benzene rings is 3. The zero-order valence-electron chi connectivity index (χ0n) is 20.4. The van der Waals surface area contributed by atoms with Crippen LogP contribution in [0.25, 0.3) is 5.69 Å². The Bertz CT molecular complexity index is 1290. The maximum absolute atomic E-state index is 12.9. The van der Waals surface area contributed by atoms with Crippen LogP contribution in [0.3, 0.4) is 0 Å². The summed E-state index contributed by atoms with van der Waals surface area (Å²) in [5, 5.41) is 13.0. The topological polar surface area (TPSA) is 72.3 Å². The maximum Gasteiger partial charge on any atom is 0.237 e. The SMILES string of the molecule is COc1ccccc1NCc1nnc(SCC(=O)N(C)c2ccccc2)n1-c1cc(C)cc(C)c1. The molecule has 0 fully saturated rings. The predicted molar refractivity (Wildman–Crippen MR) is 142 cm³/mol. The maximum atomic E-state index is 12.9. The summed E-state index contributed by atoms with van der Waals surface area (Å²) in [7, 11) is 3.44. The molecule has 8 heteroatoms. The third kappa shape index (κ3) is 5.84. The van der Waals surface area contributed by atoms with Crippen LogP contribution in [0.2, 0.25) is 0 Å². The fourth-order valence-corrected chi connectivity index (χ4v) is 4.72. The van der Waals surface area contributed by atoms with Crippen molar-refractivity contribution < 1.29 is 9.53 Å². The monoisotopic (exact) mass is 487 g/mol. The normalized spacial score (nSPS) is 10.7. The second-order valence-electron chi connectivity index (χ2n) is 8.21. The summed E-state index contributed by atoms with van der Waals surface area (Å²) in [6, 6.07) is 23.7. The summed E-state index contributed by atoms with van der Waals surface area (Å²) in [6.45, 7) is 4.58. The van der Waals surface area contributed by atoms with Gasteiger partial charge in [0, 0.05) is 18.4 Å². The van der Waals surface area contributed by atoms with E-state index in [0.29, 0.717) is 11.7 Å². The Morgan fingerprint density at radius 2 is 1.69 bits per heavy atom. The van der Waals surface area contributed by atoms with Crippen molar-refractivity contribution in [1.82, 2.24) is 14.8 Å². The molecule has 0 atom stereocenters. The highest BCUT2D eigenvalue weighted by Gasteiger charge is 2.18. The molecule has 1 N–H and O–H groups in total. The van der Waals surface area contributed by atoms with Crippen molar-refractivity contribution in [2.24, 2.45) is 0 Å². The quantitative estimate of drug-likeness (QED) is 0.325. The molecule has 0 aliphatic carbocycles. The molecule has 0 aliphatic heterocycles. The first-order valence-corrected chi connectivity index (χ1v) is 12.3. The third-order valence-electron chi connectivity index (χ3n) is 5.55. The highest BCUT2D eigenvalue weighted by molar-refractivity contribution is 7.99. The van der Waals surface area contributed by atoms with Gasteiger partial charge in [0.2, 0.25) is 5.91 Å². The molecule has 4 rings (SSSR count). The highest BCUT2D eigenvalue weighted by atomic mass is 32.2. The van der Waals surface area contributed by atoms with Crippen molar-refractivity contribution in [3.8, 4) is 11.4 Å². The van der Waals surface area contributed by atoms with E-state index in [1.54, 1.807) is 19.1 Å². The molecule has 0 radical (unpaired) electrons. The van der Waals surface area contributed by atoms with E-state index in [2.05, 4.69) is 47.6 Å². The molecule has 4 aromatic rings. The number of anilines is 2. The number of ether oxygens (including phenoxy) is 1. The number of para-hydroxylation sites is 3. The van der Waals surface area contributed by atoms with Gasteiger partial charge in [-0.3, -0.25) is 9.36 Å². The summed E-state index contributed by atoms with van der Waals surface area (Å²) in [5.41, 5.74) is 4.99. The lowest BCUT2D eigenvalue weighted by molar-refractivity contribution is -0.115. The molecule has 180 valence electrons. The lowest BCUT2D eigenvalue weighted by Gasteiger charge is -2.17. The molecular weight excluding hydrogens is 458 g/mol. The first-order valence-electron chi connectivity index (χ1n) is 11.3. The number of nitrogens with one attached hydrogen (secondary N) is 1. The number of aryl methyl sites for hydroxylation is 2. The van der Waals surface area contributed by atoms with Crippen LogP contribution >= 0.6 is 11.8 Å². The van der Waals surface area contributed by atoms with Crippen LogP contribution in [-0.4, -0.2) is 40.6 Å². The standard InChI is InChI=1S/C27H29N5O2S/c1-19-14-20(2)16-22(15-19)32-25(17-28-23-12-8-9-13-24(23)34-4)29-30-27(32)35-18-26(33)31(3)21-10-6-5-7-11-21/h5-16,28H,17-18H2,1-4H3. The van der Waals surface area contributed by atoms with Crippen molar-refractivity contribution in [3.05, 3.63) is 89.7 Å². The van der Waals surface area contributed by atoms with Gasteiger partial charge < -0.3 is 15.0 Å². The Hall–Kier alpha value is -3.78. The van der Waals surface area contributed by atoms with Crippen LogP contribution in [0.15, 0.2) is 78.0 Å². The minimum atomic E-state index is -0.00938. The van der Waals surface area contributed by atoms with Gasteiger partial charge in [-0.25, -0.2) is 0 Å². The molecule has 0 saturated heterocycles. The largest absolute Gasteiger partial charge is 0.495 e. The smallest absolute Gasteiger partial charge is 0.237 e. The number of amides is 1. The van der Waals surface area contributed by atoms with Crippen molar-refractivity contribution in [2.75, 3.05) is 30.1 Å². The number of rotatable bonds is 9. The number of carbonyl (C=O) groups excluding carboxylic acids is 1. The molecule has 0 bridgehead atoms. The molecule has 7 nitrogen and oxygen atoms in total. The van der Waals surface area contributed by atoms with Gasteiger partial charge in [0.15, 0.2) is 11.0 Å². The second-order valence-corrected chi connectivity index (χ2v) is 9.15. The van der Waals surface area contributed by atoms with Crippen molar-refractivity contribution in [2.45, 2.75) is 25.5 Å². The number of nitrogens with zero attached hydrogens (tertiary/aromatic N) is 4. The molecule has 0 unspecified atom stereocenters. The van der Waals surface area contributed by atoms with Gasteiger partial charge >= 0.3 is 0 Å². The van der Waals surface area contributed by atoms with E-state index in [9.17, 15) is 4.79 Å². The lowest BCUT2D eigenvalue weighted by Crippen LogP contribution is -2.28. The predicted octanol–water partition coefficient (Wildman–Crippen LogP) is 5.26. The molecule has 3 aromatic carbocycles. The summed E-state index contributed by atoms with van der Waals surface area (Å²) in [4.78, 5) is 14.5. The summed E-state index contributed by atoms with van der Waals surface area (Å²) in [6.07, 6.45) is 0. The van der Waals surface area contributed by atoms with E-state index >= 15 is 0 Å². The van der Waals surface area contributed by atoms with Gasteiger partial charge in [-0.2, -0.15) is 0 Å². The fourth-order valence-electron chi connectivity index (χ4n) is 3.83. The minimum Gasteiger partial charge on any atom is -0.495 e. The average Bonchev–Trinajstić information content (AvgIpc) is 3.28. The fraction of sp³-hybridized carbons (Fsp3) is 0.222. The Morgan fingerprint density at radius 3 is 2.40 bits per heavy atom. The number of hydrogen-bond acceptors (Lipinski definition) is 6. The van der Waals surface area contributed by atoms with E-state index in [0.717, 1.165) is 39.8 Å². The third-order valence-corrected chi connectivity index (χ3v) is 6.47. The zero-order chi connectivity index (χ0) is 24.8. The van der Waals surface area contributed by atoms with Crippen LogP contribution in [0.5, 0.6) is 5.75 Å². The van der Waals surface area contributed by atoms with E-state index in [-0.39, 0.29) is 11.7 Å². The molecule has 35 heavy (non-hydrogen) atoms. The summed E-state index contributed by atoms with van der Waals surface area (Å²) >= 11 is 1.38. The zero-order valence-corrected chi connectivity index (χ0v) is 21.2. The van der Waals surface area contributed by atoms with Gasteiger partial charge in [0.1, 0.15) is 5.75 Å². The van der Waals surface area contributed by atoms with Gasteiger partial charge in [-0.1, -0.05) is 48.2 Å². The summed E-state index contributed by atoms with van der Waals surface area (Å²) < 4.78 is 7.47. The van der Waals surface area contributed by atoms with E-state index < -0.39 is 0 Å². The van der Waals surface area contributed by atoms with E-state index in [1.165, 1.54) is 11.8 Å². The van der Waals surface area contributed by atoms with Crippen LogP contribution in [-0.2, 0) is 11.3 Å². The molecule has 0 saturated carbocycles. The van der Waals surface area contributed by atoms with Crippen molar-refractivity contribution >= 4 is 29.0 Å². The van der Waals surface area contributed by atoms with Crippen molar-refractivity contribution in [3.63, 3.8) is 0 Å². The van der Waals surface area contributed by atoms with Gasteiger partial charge in [0.25, 0.3) is 0 Å². The Morgan fingerprint density at radius 1 is 1.00 bits per heavy atom. The molecule has 1 amide bonds. The first kappa shape index (κ1) is 24.3. The first-order chi connectivity index (χ1) is 17.0. The van der Waals surface area contributed by atoms with Crippen LogP contribution in [0.4, 0.5) is 11.4 Å². The lowest BCUT2D eigenvalue weighted by atomic mass is 10.1. The Kier molecular flexibility index (Phi) is 7.72. The van der Waals surface area contributed by atoms with Gasteiger partial charge in [-0.05, 0) is 61.4 Å². The van der Waals surface area contributed by atoms with Gasteiger partial charge in [0.05, 0.1) is 25.1 Å².